The molecule has 2 fully saturated rings. The van der Waals surface area contributed by atoms with Gasteiger partial charge in [-0.15, -0.1) is 0 Å². The highest BCUT2D eigenvalue weighted by Gasteiger charge is 2.48. The Bertz CT molecular complexity index is 682. The van der Waals surface area contributed by atoms with Gasteiger partial charge in [0.25, 0.3) is 0 Å². The zero-order valence-electron chi connectivity index (χ0n) is 17.4. The molecule has 0 saturated carbocycles. The molecular formula is C21H30O7. The number of methoxy groups -OCH3 is 1. The summed E-state index contributed by atoms with van der Waals surface area (Å²) in [5.41, 5.74) is 0.951. The van der Waals surface area contributed by atoms with Crippen LogP contribution in [0, 0.1) is 0 Å². The van der Waals surface area contributed by atoms with Crippen LogP contribution in [-0.2, 0) is 28.5 Å². The summed E-state index contributed by atoms with van der Waals surface area (Å²) in [4.78, 5) is 11.9. The van der Waals surface area contributed by atoms with Gasteiger partial charge in [0.15, 0.2) is 11.6 Å². The smallest absolute Gasteiger partial charge is 0.303 e. The van der Waals surface area contributed by atoms with Gasteiger partial charge in [-0.25, -0.2) is 0 Å². The molecule has 0 aliphatic carbocycles. The van der Waals surface area contributed by atoms with Crippen LogP contribution in [0.3, 0.4) is 0 Å². The number of hydrogen-bond acceptors (Lipinski definition) is 7. The summed E-state index contributed by atoms with van der Waals surface area (Å²) in [5.74, 6) is -1.37. The molecule has 0 amide bonds. The van der Waals surface area contributed by atoms with Crippen molar-refractivity contribution in [3.63, 3.8) is 0 Å². The van der Waals surface area contributed by atoms with Crippen LogP contribution in [-0.4, -0.2) is 56.2 Å². The van der Waals surface area contributed by atoms with E-state index in [1.165, 1.54) is 6.92 Å². The van der Waals surface area contributed by atoms with E-state index in [9.17, 15) is 4.79 Å². The Balaban J connectivity index is 1.97. The highest BCUT2D eigenvalue weighted by molar-refractivity contribution is 5.66. The van der Waals surface area contributed by atoms with Crippen molar-refractivity contribution in [2.24, 2.45) is 0 Å². The van der Waals surface area contributed by atoms with Gasteiger partial charge in [-0.3, -0.25) is 4.79 Å². The molecule has 1 aromatic rings. The minimum absolute atomic E-state index is 0.293. The second-order valence-corrected chi connectivity index (χ2v) is 8.11. The van der Waals surface area contributed by atoms with Gasteiger partial charge in [0.05, 0.1) is 32.3 Å². The third kappa shape index (κ3) is 4.84. The maximum absolute atomic E-state index is 11.9. The fourth-order valence-electron chi connectivity index (χ4n) is 3.78. The molecule has 156 valence electrons. The van der Waals surface area contributed by atoms with E-state index in [0.717, 1.165) is 11.3 Å². The zero-order valence-corrected chi connectivity index (χ0v) is 17.4. The number of ether oxygens (including phenoxy) is 6. The van der Waals surface area contributed by atoms with Crippen LogP contribution in [0.5, 0.6) is 5.75 Å². The van der Waals surface area contributed by atoms with Crippen LogP contribution < -0.4 is 4.74 Å². The van der Waals surface area contributed by atoms with Gasteiger partial charge < -0.3 is 28.4 Å². The highest BCUT2D eigenvalue weighted by atomic mass is 16.8. The lowest BCUT2D eigenvalue weighted by atomic mass is 9.85. The van der Waals surface area contributed by atoms with Crippen LogP contribution in [0.15, 0.2) is 24.3 Å². The molecule has 2 aliphatic heterocycles. The van der Waals surface area contributed by atoms with E-state index in [0.29, 0.717) is 13.2 Å². The van der Waals surface area contributed by atoms with Crippen molar-refractivity contribution >= 4 is 5.97 Å². The first kappa shape index (κ1) is 21.0. The van der Waals surface area contributed by atoms with Crippen molar-refractivity contribution in [1.29, 1.82) is 0 Å². The molecule has 7 nitrogen and oxygen atoms in total. The van der Waals surface area contributed by atoms with Crippen molar-refractivity contribution in [2.45, 2.75) is 70.4 Å². The van der Waals surface area contributed by atoms with Crippen LogP contribution in [0.25, 0.3) is 0 Å². The van der Waals surface area contributed by atoms with Crippen LogP contribution in [0.4, 0.5) is 0 Å². The van der Waals surface area contributed by atoms with E-state index in [4.69, 9.17) is 28.4 Å². The van der Waals surface area contributed by atoms with Gasteiger partial charge in [0.2, 0.25) is 0 Å². The molecule has 2 heterocycles. The summed E-state index contributed by atoms with van der Waals surface area (Å²) in [6, 6.07) is 7.67. The molecule has 3 rings (SSSR count). The minimum Gasteiger partial charge on any atom is -0.497 e. The first-order chi connectivity index (χ1) is 13.1. The largest absolute Gasteiger partial charge is 0.497 e. The van der Waals surface area contributed by atoms with E-state index in [2.05, 4.69) is 0 Å². The molecule has 28 heavy (non-hydrogen) atoms. The Labute approximate surface area is 166 Å². The summed E-state index contributed by atoms with van der Waals surface area (Å²) >= 11 is 0. The Kier molecular flexibility index (Phi) is 6.00. The number of benzene rings is 1. The number of carbonyl (C=O) groups excluding carboxylic acids is 1. The first-order valence-electron chi connectivity index (χ1n) is 9.55. The molecule has 0 radical (unpaired) electrons. The third-order valence-corrected chi connectivity index (χ3v) is 4.98. The van der Waals surface area contributed by atoms with Gasteiger partial charge in [0, 0.05) is 6.92 Å². The summed E-state index contributed by atoms with van der Waals surface area (Å²) < 4.78 is 34.8. The molecule has 1 aromatic carbocycles. The maximum Gasteiger partial charge on any atom is 0.303 e. The van der Waals surface area contributed by atoms with Crippen molar-refractivity contribution < 1.29 is 33.2 Å². The van der Waals surface area contributed by atoms with Crippen LogP contribution >= 0.6 is 0 Å². The molecule has 4 atom stereocenters. The van der Waals surface area contributed by atoms with Gasteiger partial charge in [0.1, 0.15) is 18.0 Å². The molecule has 0 bridgehead atoms. The average Bonchev–Trinajstić information content (AvgIpc) is 3.16. The molecule has 0 aromatic heterocycles. The van der Waals surface area contributed by atoms with Crippen molar-refractivity contribution in [2.75, 3.05) is 20.3 Å². The fourth-order valence-corrected chi connectivity index (χ4v) is 3.78. The molecular weight excluding hydrogens is 364 g/mol. The van der Waals surface area contributed by atoms with E-state index in [1.54, 1.807) is 7.11 Å². The van der Waals surface area contributed by atoms with Gasteiger partial charge >= 0.3 is 5.97 Å². The van der Waals surface area contributed by atoms with Crippen molar-refractivity contribution in [1.82, 2.24) is 0 Å². The Morgan fingerprint density at radius 1 is 1.00 bits per heavy atom. The van der Waals surface area contributed by atoms with Gasteiger partial charge in [-0.05, 0) is 45.4 Å². The molecule has 2 saturated heterocycles. The van der Waals surface area contributed by atoms with E-state index < -0.39 is 23.8 Å². The van der Waals surface area contributed by atoms with Crippen LogP contribution in [0.1, 0.15) is 46.1 Å². The van der Waals surface area contributed by atoms with Crippen molar-refractivity contribution in [3.05, 3.63) is 29.8 Å². The first-order valence-corrected chi connectivity index (χ1v) is 9.55. The minimum atomic E-state index is -0.736. The van der Waals surface area contributed by atoms with Crippen LogP contribution in [0.2, 0.25) is 0 Å². The standard InChI is InChI=1S/C21H30O7/c1-13(22)26-19(17-12-25-21(4,5)28-17)18(16-11-24-20(2,3)27-16)14-7-9-15(23-6)10-8-14/h7-10,16-19H,11-12H2,1-6H3/t16-,17-,18-,19-/m1/s1. The number of esters is 1. The van der Waals surface area contributed by atoms with E-state index >= 15 is 0 Å². The lowest BCUT2D eigenvalue weighted by Gasteiger charge is -2.34. The number of carbonyl (C=O) groups is 1. The quantitative estimate of drug-likeness (QED) is 0.687. The molecule has 0 N–H and O–H groups in total. The molecule has 7 heteroatoms. The maximum atomic E-state index is 11.9. The topological polar surface area (TPSA) is 72.5 Å². The fraction of sp³-hybridized carbons (Fsp3) is 0.667. The van der Waals surface area contributed by atoms with Gasteiger partial charge in [-0.2, -0.15) is 0 Å². The third-order valence-electron chi connectivity index (χ3n) is 4.98. The summed E-state index contributed by atoms with van der Waals surface area (Å²) in [5, 5.41) is 0. The lowest BCUT2D eigenvalue weighted by Crippen LogP contribution is -2.44. The van der Waals surface area contributed by atoms with E-state index in [-0.39, 0.29) is 18.0 Å². The van der Waals surface area contributed by atoms with Crippen molar-refractivity contribution in [3.8, 4) is 5.75 Å². The monoisotopic (exact) mass is 394 g/mol. The number of rotatable bonds is 6. The Hall–Kier alpha value is -1.67. The SMILES string of the molecule is COc1ccc([C@@H]([C@H](OC(C)=O)[C@H]2COC(C)(C)O2)[C@H]2COC(C)(C)O2)cc1. The highest BCUT2D eigenvalue weighted by Crippen LogP contribution is 2.39. The lowest BCUT2D eigenvalue weighted by molar-refractivity contribution is -0.179. The summed E-state index contributed by atoms with van der Waals surface area (Å²) in [7, 11) is 1.62. The van der Waals surface area contributed by atoms with Gasteiger partial charge in [-0.1, -0.05) is 12.1 Å². The normalized spacial score (nSPS) is 27.9. The molecule has 0 spiro atoms. The molecule has 2 aliphatic rings. The predicted molar refractivity (Wildman–Crippen MR) is 101 cm³/mol. The zero-order chi connectivity index (χ0) is 20.5. The average molecular weight is 394 g/mol. The van der Waals surface area contributed by atoms with E-state index in [1.807, 2.05) is 52.0 Å². The summed E-state index contributed by atoms with van der Waals surface area (Å²) in [6.45, 7) is 9.55. The summed E-state index contributed by atoms with van der Waals surface area (Å²) in [6.07, 6.45) is -1.31. The Morgan fingerprint density at radius 2 is 1.54 bits per heavy atom. The number of hydrogen-bond donors (Lipinski definition) is 0. The molecule has 0 unspecified atom stereocenters. The second-order valence-electron chi connectivity index (χ2n) is 8.11. The second kappa shape index (κ2) is 7.99. The predicted octanol–water partition coefficient (Wildman–Crippen LogP) is 3.01. The Morgan fingerprint density at radius 3 is 1.96 bits per heavy atom.